The van der Waals surface area contributed by atoms with Crippen molar-refractivity contribution in [1.82, 2.24) is 9.97 Å². The van der Waals surface area contributed by atoms with Gasteiger partial charge in [-0.3, -0.25) is 9.78 Å². The van der Waals surface area contributed by atoms with Gasteiger partial charge in [-0.25, -0.2) is 0 Å². The number of nitrogens with one attached hydrogen (secondary N) is 1. The summed E-state index contributed by atoms with van der Waals surface area (Å²) in [6.07, 6.45) is 3.33. The molecule has 3 aromatic rings. The summed E-state index contributed by atoms with van der Waals surface area (Å²) >= 11 is 3.47. The Kier molecular flexibility index (Phi) is 3.86. The van der Waals surface area contributed by atoms with Crippen molar-refractivity contribution in [2.75, 3.05) is 0 Å². The van der Waals surface area contributed by atoms with E-state index in [1.54, 1.807) is 24.5 Å². The second-order valence-electron chi connectivity index (χ2n) is 4.63. The summed E-state index contributed by atoms with van der Waals surface area (Å²) in [5.41, 5.74) is 2.50. The third-order valence-corrected chi connectivity index (χ3v) is 3.97. The van der Waals surface area contributed by atoms with Crippen molar-refractivity contribution in [3.8, 4) is 28.5 Å². The molecule has 5 heteroatoms. The van der Waals surface area contributed by atoms with Gasteiger partial charge in [-0.15, -0.1) is 0 Å². The molecule has 0 saturated heterocycles. The van der Waals surface area contributed by atoms with Crippen LogP contribution in [0, 0.1) is 11.3 Å². The number of halogens is 1. The van der Waals surface area contributed by atoms with Crippen molar-refractivity contribution < 1.29 is 0 Å². The van der Waals surface area contributed by atoms with Crippen LogP contribution < -0.4 is 5.56 Å². The summed E-state index contributed by atoms with van der Waals surface area (Å²) in [7, 11) is 0. The molecule has 0 unspecified atom stereocenters. The van der Waals surface area contributed by atoms with Gasteiger partial charge in [0.05, 0.1) is 5.69 Å². The molecule has 4 nitrogen and oxygen atoms in total. The lowest BCUT2D eigenvalue weighted by molar-refractivity contribution is 1.21. The van der Waals surface area contributed by atoms with Crippen molar-refractivity contribution in [3.05, 3.63) is 75.2 Å². The fourth-order valence-electron chi connectivity index (χ4n) is 2.24. The van der Waals surface area contributed by atoms with Gasteiger partial charge in [-0.2, -0.15) is 5.26 Å². The summed E-state index contributed by atoms with van der Waals surface area (Å²) in [5.74, 6) is 0. The molecule has 106 valence electrons. The molecule has 2 aromatic heterocycles. The number of pyridine rings is 2. The first-order chi connectivity index (χ1) is 10.7. The highest BCUT2D eigenvalue weighted by atomic mass is 79.9. The third-order valence-electron chi connectivity index (χ3n) is 3.28. The van der Waals surface area contributed by atoms with Crippen LogP contribution in [0.3, 0.4) is 0 Å². The Morgan fingerprint density at radius 3 is 2.64 bits per heavy atom. The van der Waals surface area contributed by atoms with Gasteiger partial charge < -0.3 is 4.98 Å². The molecule has 0 amide bonds. The van der Waals surface area contributed by atoms with Crippen molar-refractivity contribution in [3.63, 3.8) is 0 Å². The lowest BCUT2D eigenvalue weighted by Crippen LogP contribution is -2.12. The van der Waals surface area contributed by atoms with Crippen LogP contribution in [0.5, 0.6) is 0 Å². The van der Waals surface area contributed by atoms with E-state index in [1.807, 2.05) is 36.4 Å². The van der Waals surface area contributed by atoms with Crippen LogP contribution in [0.1, 0.15) is 5.56 Å². The first-order valence-corrected chi connectivity index (χ1v) is 7.32. The van der Waals surface area contributed by atoms with E-state index < -0.39 is 5.56 Å². The minimum atomic E-state index is -0.408. The Balaban J connectivity index is 2.30. The second kappa shape index (κ2) is 5.96. The molecule has 0 bridgehead atoms. The number of nitriles is 1. The van der Waals surface area contributed by atoms with Gasteiger partial charge in [0.1, 0.15) is 11.6 Å². The Morgan fingerprint density at radius 2 is 1.95 bits per heavy atom. The van der Waals surface area contributed by atoms with Crippen molar-refractivity contribution in [2.45, 2.75) is 0 Å². The SMILES string of the molecule is N#Cc1c(-c2ccccc2Br)cc(-c2cccnc2)[nH]c1=O. The highest BCUT2D eigenvalue weighted by molar-refractivity contribution is 9.10. The molecule has 2 heterocycles. The average Bonchev–Trinajstić information content (AvgIpc) is 2.55. The maximum Gasteiger partial charge on any atom is 0.266 e. The zero-order valence-corrected chi connectivity index (χ0v) is 13.0. The van der Waals surface area contributed by atoms with Crippen LogP contribution in [0.2, 0.25) is 0 Å². The summed E-state index contributed by atoms with van der Waals surface area (Å²) in [5, 5.41) is 9.32. The van der Waals surface area contributed by atoms with E-state index in [2.05, 4.69) is 25.9 Å². The van der Waals surface area contributed by atoms with Gasteiger partial charge in [0.25, 0.3) is 5.56 Å². The van der Waals surface area contributed by atoms with Gasteiger partial charge in [0, 0.05) is 28.0 Å². The standard InChI is InChI=1S/C17H10BrN3O/c18-15-6-2-1-5-12(15)13-8-16(11-4-3-7-20-10-11)21-17(22)14(13)9-19/h1-8,10H,(H,21,22). The van der Waals surface area contributed by atoms with Gasteiger partial charge in [0.2, 0.25) is 0 Å². The fourth-order valence-corrected chi connectivity index (χ4v) is 2.74. The van der Waals surface area contributed by atoms with Gasteiger partial charge in [-0.1, -0.05) is 34.1 Å². The van der Waals surface area contributed by atoms with Crippen molar-refractivity contribution >= 4 is 15.9 Å². The Hall–Kier alpha value is -2.71. The highest BCUT2D eigenvalue weighted by Gasteiger charge is 2.14. The number of H-pyrrole nitrogens is 1. The quantitative estimate of drug-likeness (QED) is 0.764. The largest absolute Gasteiger partial charge is 0.321 e. The summed E-state index contributed by atoms with van der Waals surface area (Å²) in [4.78, 5) is 19.0. The molecule has 0 fully saturated rings. The zero-order chi connectivity index (χ0) is 15.5. The molecule has 0 aliphatic carbocycles. The second-order valence-corrected chi connectivity index (χ2v) is 5.49. The third kappa shape index (κ3) is 2.57. The first-order valence-electron chi connectivity index (χ1n) is 6.53. The van der Waals surface area contributed by atoms with Gasteiger partial charge in [0.15, 0.2) is 0 Å². The van der Waals surface area contributed by atoms with Crippen LogP contribution in [0.25, 0.3) is 22.4 Å². The number of rotatable bonds is 2. The smallest absolute Gasteiger partial charge is 0.266 e. The fraction of sp³-hybridized carbons (Fsp3) is 0. The number of hydrogen-bond acceptors (Lipinski definition) is 3. The van der Waals surface area contributed by atoms with E-state index in [9.17, 15) is 10.1 Å². The van der Waals surface area contributed by atoms with Crippen LogP contribution in [0.15, 0.2) is 64.1 Å². The number of hydrogen-bond donors (Lipinski definition) is 1. The monoisotopic (exact) mass is 351 g/mol. The summed E-state index contributed by atoms with van der Waals surface area (Å²) in [6.45, 7) is 0. The maximum atomic E-state index is 12.2. The Morgan fingerprint density at radius 1 is 1.14 bits per heavy atom. The molecule has 0 spiro atoms. The molecule has 0 radical (unpaired) electrons. The maximum absolute atomic E-state index is 12.2. The topological polar surface area (TPSA) is 69.5 Å². The Labute approximate surface area is 135 Å². The van der Waals surface area contributed by atoms with E-state index in [-0.39, 0.29) is 5.56 Å². The van der Waals surface area contributed by atoms with Gasteiger partial charge >= 0.3 is 0 Å². The van der Waals surface area contributed by atoms with E-state index >= 15 is 0 Å². The van der Waals surface area contributed by atoms with Crippen LogP contribution in [-0.2, 0) is 0 Å². The van der Waals surface area contributed by atoms with E-state index in [0.717, 1.165) is 15.6 Å². The molecule has 1 N–H and O–H groups in total. The molecule has 0 aliphatic rings. The highest BCUT2D eigenvalue weighted by Crippen LogP contribution is 2.31. The predicted octanol–water partition coefficient (Wildman–Crippen LogP) is 3.74. The molecular weight excluding hydrogens is 342 g/mol. The number of aromatic nitrogens is 2. The summed E-state index contributed by atoms with van der Waals surface area (Å²) < 4.78 is 0.828. The molecular formula is C17H10BrN3O. The van der Waals surface area contributed by atoms with Crippen molar-refractivity contribution in [2.24, 2.45) is 0 Å². The van der Waals surface area contributed by atoms with Gasteiger partial charge in [-0.05, 0) is 29.8 Å². The van der Waals surface area contributed by atoms with E-state index in [0.29, 0.717) is 11.3 Å². The lowest BCUT2D eigenvalue weighted by atomic mass is 9.99. The number of aromatic amines is 1. The molecule has 0 saturated carbocycles. The van der Waals surface area contributed by atoms with Crippen LogP contribution >= 0.6 is 15.9 Å². The predicted molar refractivity (Wildman–Crippen MR) is 88.1 cm³/mol. The zero-order valence-electron chi connectivity index (χ0n) is 11.4. The molecule has 0 aliphatic heterocycles. The normalized spacial score (nSPS) is 10.2. The number of nitrogens with zero attached hydrogens (tertiary/aromatic N) is 2. The van der Waals surface area contributed by atoms with Crippen LogP contribution in [-0.4, -0.2) is 9.97 Å². The minimum absolute atomic E-state index is 0.0968. The molecule has 22 heavy (non-hydrogen) atoms. The first kappa shape index (κ1) is 14.2. The van der Waals surface area contributed by atoms with Crippen molar-refractivity contribution in [1.29, 1.82) is 5.26 Å². The van der Waals surface area contributed by atoms with Crippen LogP contribution in [0.4, 0.5) is 0 Å². The molecule has 3 rings (SSSR count). The van der Waals surface area contributed by atoms with E-state index in [4.69, 9.17) is 0 Å². The lowest BCUT2D eigenvalue weighted by Gasteiger charge is -2.09. The molecule has 1 aromatic carbocycles. The van der Waals surface area contributed by atoms with E-state index in [1.165, 1.54) is 0 Å². The number of benzene rings is 1. The average molecular weight is 352 g/mol. The summed E-state index contributed by atoms with van der Waals surface area (Å²) in [6, 6.07) is 14.9. The minimum Gasteiger partial charge on any atom is -0.321 e. The Bertz CT molecular complexity index is 927. The molecule has 0 atom stereocenters.